The first-order valence-corrected chi connectivity index (χ1v) is 7.36. The smallest absolute Gasteiger partial charge is 0.326 e. The van der Waals surface area contributed by atoms with Crippen molar-refractivity contribution in [3.63, 3.8) is 0 Å². The summed E-state index contributed by atoms with van der Waals surface area (Å²) in [7, 11) is 0. The number of carbonyl (C=O) groups excluding carboxylic acids is 1. The lowest BCUT2D eigenvalue weighted by atomic mass is 9.94. The van der Waals surface area contributed by atoms with Crippen molar-refractivity contribution in [2.75, 3.05) is 18.4 Å². The van der Waals surface area contributed by atoms with E-state index in [9.17, 15) is 31.1 Å². The highest BCUT2D eigenvalue weighted by Crippen LogP contribution is 2.37. The van der Waals surface area contributed by atoms with Crippen LogP contribution in [0.4, 0.5) is 32.0 Å². The van der Waals surface area contributed by atoms with E-state index in [4.69, 9.17) is 0 Å². The van der Waals surface area contributed by atoms with Crippen LogP contribution in [-0.2, 0) is 17.1 Å². The first-order valence-electron chi connectivity index (χ1n) is 7.36. The van der Waals surface area contributed by atoms with Crippen molar-refractivity contribution in [3.05, 3.63) is 29.3 Å². The molecule has 0 bridgehead atoms. The van der Waals surface area contributed by atoms with Gasteiger partial charge in [0.15, 0.2) is 0 Å². The van der Waals surface area contributed by atoms with Crippen LogP contribution in [0.2, 0.25) is 0 Å². The van der Waals surface area contributed by atoms with E-state index < -0.39 is 35.1 Å². The second-order valence-electron chi connectivity index (χ2n) is 5.74. The molecule has 0 saturated carbocycles. The lowest BCUT2D eigenvalue weighted by molar-refractivity contribution is -0.143. The molecule has 0 aliphatic carbocycles. The Hall–Kier alpha value is -1.48. The van der Waals surface area contributed by atoms with E-state index in [1.54, 1.807) is 0 Å². The van der Waals surface area contributed by atoms with Crippen LogP contribution in [0.25, 0.3) is 0 Å². The molecule has 25 heavy (non-hydrogen) atoms. The molecule has 0 radical (unpaired) electrons. The van der Waals surface area contributed by atoms with Crippen LogP contribution in [-0.4, -0.2) is 19.0 Å². The highest BCUT2D eigenvalue weighted by molar-refractivity contribution is 5.91. The molecule has 0 unspecified atom stereocenters. The number of amides is 1. The summed E-state index contributed by atoms with van der Waals surface area (Å²) in [5.41, 5.74) is -3.40. The van der Waals surface area contributed by atoms with Crippen LogP contribution >= 0.6 is 12.4 Å². The Morgan fingerprint density at radius 2 is 1.48 bits per heavy atom. The number of halogens is 7. The maximum atomic E-state index is 12.8. The van der Waals surface area contributed by atoms with Crippen LogP contribution in [0, 0.1) is 5.92 Å². The molecular weight excluding hydrogens is 374 g/mol. The van der Waals surface area contributed by atoms with Gasteiger partial charge in [0.05, 0.1) is 11.1 Å². The Bertz CT molecular complexity index is 564. The summed E-state index contributed by atoms with van der Waals surface area (Å²) in [6.07, 6.45) is -8.32. The minimum atomic E-state index is -4.93. The molecule has 1 aromatic carbocycles. The Labute approximate surface area is 146 Å². The zero-order valence-electron chi connectivity index (χ0n) is 12.9. The van der Waals surface area contributed by atoms with E-state index in [2.05, 4.69) is 10.6 Å². The summed E-state index contributed by atoms with van der Waals surface area (Å²) >= 11 is 0. The van der Waals surface area contributed by atoms with Crippen molar-refractivity contribution in [3.8, 4) is 0 Å². The molecule has 1 amide bonds. The van der Waals surface area contributed by atoms with Crippen LogP contribution < -0.4 is 10.6 Å². The fraction of sp³-hybridized carbons (Fsp3) is 0.533. The lowest BCUT2D eigenvalue weighted by Gasteiger charge is -2.22. The quantitative estimate of drug-likeness (QED) is 0.747. The Kier molecular flexibility index (Phi) is 7.13. The van der Waals surface area contributed by atoms with Crippen LogP contribution in [0.5, 0.6) is 0 Å². The second-order valence-corrected chi connectivity index (χ2v) is 5.74. The molecule has 1 heterocycles. The van der Waals surface area contributed by atoms with Gasteiger partial charge in [0, 0.05) is 12.1 Å². The Morgan fingerprint density at radius 1 is 1.00 bits per heavy atom. The fourth-order valence-corrected chi connectivity index (χ4v) is 2.59. The molecular formula is C15H17ClF6N2O. The molecule has 0 aromatic heterocycles. The molecule has 1 aromatic rings. The third kappa shape index (κ3) is 6.39. The first kappa shape index (κ1) is 21.6. The summed E-state index contributed by atoms with van der Waals surface area (Å²) in [6, 6.07) is 1.05. The molecule has 3 nitrogen and oxygen atoms in total. The lowest BCUT2D eigenvalue weighted by Crippen LogP contribution is -2.30. The summed E-state index contributed by atoms with van der Waals surface area (Å²) in [5.74, 6) is -0.520. The topological polar surface area (TPSA) is 41.1 Å². The van der Waals surface area contributed by atoms with Gasteiger partial charge >= 0.3 is 12.4 Å². The molecule has 2 rings (SSSR count). The van der Waals surface area contributed by atoms with E-state index in [-0.39, 0.29) is 30.8 Å². The minimum absolute atomic E-state index is 0. The van der Waals surface area contributed by atoms with Gasteiger partial charge in [-0.2, -0.15) is 26.3 Å². The number of benzene rings is 1. The molecule has 142 valence electrons. The van der Waals surface area contributed by atoms with Gasteiger partial charge in [0.1, 0.15) is 0 Å². The Morgan fingerprint density at radius 3 is 1.92 bits per heavy atom. The number of carbonyl (C=O) groups is 1. The predicted octanol–water partition coefficient (Wildman–Crippen LogP) is 4.47. The number of nitrogens with one attached hydrogen (secondary N) is 2. The van der Waals surface area contributed by atoms with Crippen molar-refractivity contribution < 1.29 is 31.1 Å². The first-order chi connectivity index (χ1) is 11.1. The van der Waals surface area contributed by atoms with Crippen molar-refractivity contribution >= 4 is 24.0 Å². The van der Waals surface area contributed by atoms with Crippen molar-refractivity contribution in [1.29, 1.82) is 0 Å². The van der Waals surface area contributed by atoms with Crippen molar-refractivity contribution in [2.45, 2.75) is 31.6 Å². The molecule has 1 aliphatic heterocycles. The number of piperidine rings is 1. The van der Waals surface area contributed by atoms with E-state index in [0.717, 1.165) is 25.9 Å². The molecule has 10 heteroatoms. The average Bonchev–Trinajstić information content (AvgIpc) is 2.46. The van der Waals surface area contributed by atoms with Gasteiger partial charge in [-0.1, -0.05) is 0 Å². The zero-order valence-corrected chi connectivity index (χ0v) is 13.7. The summed E-state index contributed by atoms with van der Waals surface area (Å²) in [4.78, 5) is 11.9. The number of alkyl halides is 6. The average molecular weight is 391 g/mol. The monoisotopic (exact) mass is 390 g/mol. The minimum Gasteiger partial charge on any atom is -0.326 e. The Balaban J connectivity index is 0.00000312. The van der Waals surface area contributed by atoms with Gasteiger partial charge in [-0.05, 0) is 50.0 Å². The van der Waals surface area contributed by atoms with E-state index in [0.29, 0.717) is 12.1 Å². The van der Waals surface area contributed by atoms with Crippen LogP contribution in [0.15, 0.2) is 18.2 Å². The highest BCUT2D eigenvalue weighted by Gasteiger charge is 2.37. The number of rotatable bonds is 3. The van der Waals surface area contributed by atoms with E-state index in [1.807, 2.05) is 0 Å². The maximum absolute atomic E-state index is 12.8. The largest absolute Gasteiger partial charge is 0.416 e. The van der Waals surface area contributed by atoms with Gasteiger partial charge in [-0.3, -0.25) is 4.79 Å². The van der Waals surface area contributed by atoms with Gasteiger partial charge in [-0.25, -0.2) is 0 Å². The third-order valence-electron chi connectivity index (χ3n) is 3.80. The molecule has 2 N–H and O–H groups in total. The van der Waals surface area contributed by atoms with Crippen molar-refractivity contribution in [1.82, 2.24) is 5.32 Å². The third-order valence-corrected chi connectivity index (χ3v) is 3.80. The zero-order chi connectivity index (χ0) is 18.0. The predicted molar refractivity (Wildman–Crippen MR) is 82.5 cm³/mol. The van der Waals surface area contributed by atoms with Crippen LogP contribution in [0.1, 0.15) is 30.4 Å². The van der Waals surface area contributed by atoms with Crippen LogP contribution in [0.3, 0.4) is 0 Å². The SMILES string of the molecule is Cl.O=C(CC1CCNCC1)Nc1cc(C(F)(F)F)cc(C(F)(F)F)c1. The summed E-state index contributed by atoms with van der Waals surface area (Å²) in [6.45, 7) is 1.47. The van der Waals surface area contributed by atoms with Gasteiger partial charge < -0.3 is 10.6 Å². The second kappa shape index (κ2) is 8.27. The number of hydrogen-bond acceptors (Lipinski definition) is 2. The fourth-order valence-electron chi connectivity index (χ4n) is 2.59. The maximum Gasteiger partial charge on any atom is 0.416 e. The standard InChI is InChI=1S/C15H16F6N2O.ClH/c16-14(17,18)10-6-11(15(19,20)21)8-12(7-10)23-13(24)5-9-1-3-22-4-2-9;/h6-9,22H,1-5H2,(H,23,24);1H. The molecule has 0 spiro atoms. The van der Waals surface area contributed by atoms with E-state index in [1.165, 1.54) is 0 Å². The normalized spacial score (nSPS) is 16.2. The molecule has 1 fully saturated rings. The van der Waals surface area contributed by atoms with E-state index >= 15 is 0 Å². The molecule has 1 saturated heterocycles. The molecule has 1 aliphatic rings. The van der Waals surface area contributed by atoms with Gasteiger partial charge in [0.2, 0.25) is 5.91 Å². The number of hydrogen-bond donors (Lipinski definition) is 2. The van der Waals surface area contributed by atoms with Crippen molar-refractivity contribution in [2.24, 2.45) is 5.92 Å². The number of anilines is 1. The summed E-state index contributed by atoms with van der Waals surface area (Å²) < 4.78 is 76.6. The highest BCUT2D eigenvalue weighted by atomic mass is 35.5. The summed E-state index contributed by atoms with van der Waals surface area (Å²) in [5, 5.41) is 5.26. The van der Waals surface area contributed by atoms with Gasteiger partial charge in [-0.15, -0.1) is 12.4 Å². The molecule has 0 atom stereocenters. The van der Waals surface area contributed by atoms with Gasteiger partial charge in [0.25, 0.3) is 0 Å².